The lowest BCUT2D eigenvalue weighted by molar-refractivity contribution is 0.473. The van der Waals surface area contributed by atoms with Crippen molar-refractivity contribution in [2.24, 2.45) is 5.73 Å². The SMILES string of the molecule is CC(N)Cc1ccccc1Oc1cccc(I)c1. The van der Waals surface area contributed by atoms with Crippen molar-refractivity contribution in [2.75, 3.05) is 0 Å². The number of hydrogen-bond acceptors (Lipinski definition) is 2. The van der Waals surface area contributed by atoms with E-state index < -0.39 is 0 Å². The summed E-state index contributed by atoms with van der Waals surface area (Å²) in [5, 5.41) is 0. The molecular weight excluding hydrogens is 337 g/mol. The van der Waals surface area contributed by atoms with Crippen molar-refractivity contribution >= 4 is 22.6 Å². The van der Waals surface area contributed by atoms with E-state index in [0.29, 0.717) is 0 Å². The van der Waals surface area contributed by atoms with Crippen molar-refractivity contribution in [3.8, 4) is 11.5 Å². The number of benzene rings is 2. The summed E-state index contributed by atoms with van der Waals surface area (Å²) in [4.78, 5) is 0. The molecule has 2 aromatic carbocycles. The van der Waals surface area contributed by atoms with Gasteiger partial charge in [0.1, 0.15) is 11.5 Å². The van der Waals surface area contributed by atoms with E-state index in [-0.39, 0.29) is 6.04 Å². The molecule has 0 aliphatic heterocycles. The van der Waals surface area contributed by atoms with Crippen molar-refractivity contribution in [3.05, 3.63) is 57.7 Å². The van der Waals surface area contributed by atoms with Gasteiger partial charge in [0.25, 0.3) is 0 Å². The Morgan fingerprint density at radius 1 is 1.17 bits per heavy atom. The Hall–Kier alpha value is -1.07. The van der Waals surface area contributed by atoms with E-state index in [2.05, 4.69) is 28.7 Å². The molecule has 0 bridgehead atoms. The first-order chi connectivity index (χ1) is 8.65. The molecule has 0 amide bonds. The van der Waals surface area contributed by atoms with Crippen LogP contribution < -0.4 is 10.5 Å². The predicted molar refractivity (Wildman–Crippen MR) is 83.0 cm³/mol. The molecular formula is C15H16INO. The first kappa shape index (κ1) is 13.4. The van der Waals surface area contributed by atoms with Gasteiger partial charge in [0.15, 0.2) is 0 Å². The molecule has 2 rings (SSSR count). The lowest BCUT2D eigenvalue weighted by Crippen LogP contribution is -2.18. The fraction of sp³-hybridized carbons (Fsp3) is 0.200. The van der Waals surface area contributed by atoms with Gasteiger partial charge in [-0.2, -0.15) is 0 Å². The second kappa shape index (κ2) is 6.20. The minimum Gasteiger partial charge on any atom is -0.457 e. The Bertz CT molecular complexity index is 525. The minimum atomic E-state index is 0.130. The van der Waals surface area contributed by atoms with Crippen molar-refractivity contribution in [1.29, 1.82) is 0 Å². The summed E-state index contributed by atoms with van der Waals surface area (Å²) in [5.74, 6) is 1.75. The zero-order valence-electron chi connectivity index (χ0n) is 10.3. The molecule has 2 nitrogen and oxygen atoms in total. The Morgan fingerprint density at radius 3 is 2.67 bits per heavy atom. The maximum atomic E-state index is 5.93. The van der Waals surface area contributed by atoms with E-state index in [1.807, 2.05) is 49.4 Å². The van der Waals surface area contributed by atoms with Crippen LogP contribution in [-0.4, -0.2) is 6.04 Å². The van der Waals surface area contributed by atoms with Crippen LogP contribution in [0.2, 0.25) is 0 Å². The highest BCUT2D eigenvalue weighted by atomic mass is 127. The largest absolute Gasteiger partial charge is 0.457 e. The molecule has 1 atom stereocenters. The quantitative estimate of drug-likeness (QED) is 0.845. The maximum absolute atomic E-state index is 5.93. The molecule has 0 saturated heterocycles. The summed E-state index contributed by atoms with van der Waals surface area (Å²) < 4.78 is 7.09. The second-order valence-electron chi connectivity index (χ2n) is 4.35. The number of hydrogen-bond donors (Lipinski definition) is 1. The Morgan fingerprint density at radius 2 is 1.94 bits per heavy atom. The van der Waals surface area contributed by atoms with Crippen LogP contribution in [0.5, 0.6) is 11.5 Å². The zero-order chi connectivity index (χ0) is 13.0. The highest BCUT2D eigenvalue weighted by Gasteiger charge is 2.06. The van der Waals surface area contributed by atoms with E-state index >= 15 is 0 Å². The van der Waals surface area contributed by atoms with Gasteiger partial charge in [-0.25, -0.2) is 0 Å². The standard InChI is InChI=1S/C15H16INO/c1-11(17)9-12-5-2-3-8-15(12)18-14-7-4-6-13(16)10-14/h2-8,10-11H,9,17H2,1H3. The molecule has 0 radical (unpaired) electrons. The first-order valence-electron chi connectivity index (χ1n) is 5.92. The predicted octanol–water partition coefficient (Wildman–Crippen LogP) is 3.97. The smallest absolute Gasteiger partial charge is 0.130 e. The van der Waals surface area contributed by atoms with E-state index in [1.165, 1.54) is 0 Å². The van der Waals surface area contributed by atoms with Gasteiger partial charge in [0, 0.05) is 9.61 Å². The van der Waals surface area contributed by atoms with E-state index in [1.54, 1.807) is 0 Å². The summed E-state index contributed by atoms with van der Waals surface area (Å²) in [5.41, 5.74) is 7.00. The van der Waals surface area contributed by atoms with E-state index in [0.717, 1.165) is 27.1 Å². The van der Waals surface area contributed by atoms with Crippen LogP contribution in [0.4, 0.5) is 0 Å². The number of para-hydroxylation sites is 1. The van der Waals surface area contributed by atoms with Crippen molar-refractivity contribution in [2.45, 2.75) is 19.4 Å². The molecule has 2 N–H and O–H groups in total. The number of nitrogens with two attached hydrogens (primary N) is 1. The fourth-order valence-electron chi connectivity index (χ4n) is 1.78. The number of rotatable bonds is 4. The van der Waals surface area contributed by atoms with Crippen LogP contribution in [0.25, 0.3) is 0 Å². The van der Waals surface area contributed by atoms with Crippen LogP contribution in [0.15, 0.2) is 48.5 Å². The summed E-state index contributed by atoms with van der Waals surface area (Å²) >= 11 is 2.28. The van der Waals surface area contributed by atoms with Crippen LogP contribution in [-0.2, 0) is 6.42 Å². The summed E-state index contributed by atoms with van der Waals surface area (Å²) in [6, 6.07) is 16.2. The third kappa shape index (κ3) is 3.71. The van der Waals surface area contributed by atoms with E-state index in [4.69, 9.17) is 10.5 Å². The monoisotopic (exact) mass is 353 g/mol. The zero-order valence-corrected chi connectivity index (χ0v) is 12.4. The van der Waals surface area contributed by atoms with Crippen molar-refractivity contribution in [3.63, 3.8) is 0 Å². The Kier molecular flexibility index (Phi) is 4.60. The van der Waals surface area contributed by atoms with Gasteiger partial charge in [-0.1, -0.05) is 24.3 Å². The summed E-state index contributed by atoms with van der Waals surface area (Å²) in [7, 11) is 0. The molecule has 94 valence electrons. The molecule has 0 saturated carbocycles. The van der Waals surface area contributed by atoms with Crippen LogP contribution in [0, 0.1) is 3.57 Å². The van der Waals surface area contributed by atoms with Gasteiger partial charge in [0.2, 0.25) is 0 Å². The Balaban J connectivity index is 2.23. The van der Waals surface area contributed by atoms with Crippen LogP contribution in [0.1, 0.15) is 12.5 Å². The highest BCUT2D eigenvalue weighted by molar-refractivity contribution is 14.1. The van der Waals surface area contributed by atoms with Gasteiger partial charge >= 0.3 is 0 Å². The molecule has 2 aromatic rings. The van der Waals surface area contributed by atoms with Crippen molar-refractivity contribution in [1.82, 2.24) is 0 Å². The van der Waals surface area contributed by atoms with Crippen LogP contribution >= 0.6 is 22.6 Å². The van der Waals surface area contributed by atoms with Gasteiger partial charge in [-0.15, -0.1) is 0 Å². The van der Waals surface area contributed by atoms with Crippen molar-refractivity contribution < 1.29 is 4.74 Å². The molecule has 0 fully saturated rings. The molecule has 0 heterocycles. The number of halogens is 1. The number of ether oxygens (including phenoxy) is 1. The molecule has 3 heteroatoms. The van der Waals surface area contributed by atoms with Gasteiger partial charge < -0.3 is 10.5 Å². The third-order valence-electron chi connectivity index (χ3n) is 2.54. The van der Waals surface area contributed by atoms with Gasteiger partial charge in [-0.3, -0.25) is 0 Å². The van der Waals surface area contributed by atoms with Crippen LogP contribution in [0.3, 0.4) is 0 Å². The lowest BCUT2D eigenvalue weighted by Gasteiger charge is -2.12. The normalized spacial score (nSPS) is 12.2. The fourth-order valence-corrected chi connectivity index (χ4v) is 2.29. The third-order valence-corrected chi connectivity index (χ3v) is 3.21. The highest BCUT2D eigenvalue weighted by Crippen LogP contribution is 2.26. The molecule has 18 heavy (non-hydrogen) atoms. The summed E-state index contributed by atoms with van der Waals surface area (Å²) in [6.45, 7) is 2.00. The lowest BCUT2D eigenvalue weighted by atomic mass is 10.1. The summed E-state index contributed by atoms with van der Waals surface area (Å²) in [6.07, 6.45) is 0.820. The average molecular weight is 353 g/mol. The molecule has 0 aromatic heterocycles. The minimum absolute atomic E-state index is 0.130. The van der Waals surface area contributed by atoms with Gasteiger partial charge in [-0.05, 0) is 65.8 Å². The average Bonchev–Trinajstić information content (AvgIpc) is 2.31. The van der Waals surface area contributed by atoms with E-state index in [9.17, 15) is 0 Å². The molecule has 0 spiro atoms. The first-order valence-corrected chi connectivity index (χ1v) is 7.00. The molecule has 0 aliphatic carbocycles. The maximum Gasteiger partial charge on any atom is 0.130 e. The molecule has 0 aliphatic rings. The van der Waals surface area contributed by atoms with Gasteiger partial charge in [0.05, 0.1) is 0 Å². The Labute approximate surface area is 121 Å². The molecule has 1 unspecified atom stereocenters. The topological polar surface area (TPSA) is 35.2 Å². The second-order valence-corrected chi connectivity index (χ2v) is 5.59.